The summed E-state index contributed by atoms with van der Waals surface area (Å²) in [5.41, 5.74) is 0.749. The van der Waals surface area contributed by atoms with Crippen molar-refractivity contribution in [3.63, 3.8) is 0 Å². The molecule has 2 aromatic rings. The average molecular weight is 358 g/mol. The number of anilines is 1. The van der Waals surface area contributed by atoms with E-state index in [1.807, 2.05) is 10.8 Å². The number of carbonyl (C=O) groups excluding carboxylic acids is 1. The SMILES string of the molecule is CCc1nccn1CCC(=O)NCC1CCN(c2cnn(C)c(=O)c2)C1. The van der Waals surface area contributed by atoms with E-state index in [1.54, 1.807) is 25.5 Å². The number of hydrogen-bond donors (Lipinski definition) is 1. The summed E-state index contributed by atoms with van der Waals surface area (Å²) >= 11 is 0. The average Bonchev–Trinajstić information content (AvgIpc) is 3.29. The van der Waals surface area contributed by atoms with Gasteiger partial charge in [0.05, 0.1) is 11.9 Å². The molecule has 8 nitrogen and oxygen atoms in total. The van der Waals surface area contributed by atoms with E-state index < -0.39 is 0 Å². The normalized spacial score (nSPS) is 16.8. The molecular weight excluding hydrogens is 332 g/mol. The van der Waals surface area contributed by atoms with Crippen LogP contribution in [0.4, 0.5) is 5.69 Å². The Balaban J connectivity index is 1.43. The summed E-state index contributed by atoms with van der Waals surface area (Å²) in [7, 11) is 1.64. The van der Waals surface area contributed by atoms with E-state index in [-0.39, 0.29) is 11.5 Å². The fraction of sp³-hybridized carbons (Fsp3) is 0.556. The number of hydrogen-bond acceptors (Lipinski definition) is 5. The number of rotatable bonds is 7. The molecule has 26 heavy (non-hydrogen) atoms. The van der Waals surface area contributed by atoms with Crippen molar-refractivity contribution in [1.82, 2.24) is 24.6 Å². The summed E-state index contributed by atoms with van der Waals surface area (Å²) in [5, 5.41) is 7.11. The van der Waals surface area contributed by atoms with Gasteiger partial charge in [0.1, 0.15) is 5.82 Å². The maximum absolute atomic E-state index is 12.1. The molecule has 0 bridgehead atoms. The van der Waals surface area contributed by atoms with Gasteiger partial charge in [-0.25, -0.2) is 9.67 Å². The van der Waals surface area contributed by atoms with Crippen LogP contribution in [-0.4, -0.2) is 44.9 Å². The third-order valence-corrected chi connectivity index (χ3v) is 4.89. The van der Waals surface area contributed by atoms with Crippen molar-refractivity contribution >= 4 is 11.6 Å². The highest BCUT2D eigenvalue weighted by atomic mass is 16.1. The fourth-order valence-corrected chi connectivity index (χ4v) is 3.29. The van der Waals surface area contributed by atoms with Gasteiger partial charge in [0.2, 0.25) is 5.91 Å². The molecule has 8 heteroatoms. The summed E-state index contributed by atoms with van der Waals surface area (Å²) in [4.78, 5) is 30.3. The molecule has 0 radical (unpaired) electrons. The number of aromatic nitrogens is 4. The first kappa shape index (κ1) is 18.2. The molecule has 3 heterocycles. The van der Waals surface area contributed by atoms with Crippen LogP contribution in [0.5, 0.6) is 0 Å². The Labute approximate surface area is 152 Å². The number of imidazole rings is 1. The van der Waals surface area contributed by atoms with Gasteiger partial charge in [-0.15, -0.1) is 0 Å². The number of nitrogens with one attached hydrogen (secondary N) is 1. The standard InChI is InChI=1S/C18H26N6O2/c1-3-16-19-6-9-23(16)8-5-17(25)20-11-14-4-7-24(13-14)15-10-18(26)22(2)21-12-15/h6,9-10,12,14H,3-5,7-8,11,13H2,1-2H3,(H,20,25). The second kappa shape index (κ2) is 8.16. The minimum Gasteiger partial charge on any atom is -0.370 e. The van der Waals surface area contributed by atoms with E-state index in [0.29, 0.717) is 25.4 Å². The maximum atomic E-state index is 12.1. The van der Waals surface area contributed by atoms with Gasteiger partial charge in [0.25, 0.3) is 5.56 Å². The first-order chi connectivity index (χ1) is 12.6. The van der Waals surface area contributed by atoms with Crippen molar-refractivity contribution in [3.8, 4) is 0 Å². The summed E-state index contributed by atoms with van der Waals surface area (Å²) in [5.74, 6) is 1.46. The zero-order valence-corrected chi connectivity index (χ0v) is 15.4. The minimum absolute atomic E-state index is 0.0643. The predicted molar refractivity (Wildman–Crippen MR) is 99.0 cm³/mol. The second-order valence-corrected chi connectivity index (χ2v) is 6.72. The fourth-order valence-electron chi connectivity index (χ4n) is 3.29. The predicted octanol–water partition coefficient (Wildman–Crippen LogP) is 0.572. The molecule has 1 unspecified atom stereocenters. The minimum atomic E-state index is -0.106. The zero-order chi connectivity index (χ0) is 18.5. The molecule has 1 fully saturated rings. The summed E-state index contributed by atoms with van der Waals surface area (Å²) < 4.78 is 3.35. The largest absolute Gasteiger partial charge is 0.370 e. The lowest BCUT2D eigenvalue weighted by Crippen LogP contribution is -2.32. The van der Waals surface area contributed by atoms with E-state index in [2.05, 4.69) is 27.2 Å². The third-order valence-electron chi connectivity index (χ3n) is 4.89. The van der Waals surface area contributed by atoms with Crippen LogP contribution in [0.15, 0.2) is 29.5 Å². The molecule has 0 saturated carbocycles. The number of carbonyl (C=O) groups is 1. The number of amides is 1. The summed E-state index contributed by atoms with van der Waals surface area (Å²) in [6, 6.07) is 1.62. The lowest BCUT2D eigenvalue weighted by Gasteiger charge is -2.18. The van der Waals surface area contributed by atoms with Crippen molar-refractivity contribution in [2.24, 2.45) is 13.0 Å². The van der Waals surface area contributed by atoms with E-state index in [9.17, 15) is 9.59 Å². The van der Waals surface area contributed by atoms with Crippen LogP contribution in [0.3, 0.4) is 0 Å². The lowest BCUT2D eigenvalue weighted by molar-refractivity contribution is -0.121. The molecule has 0 aliphatic carbocycles. The Hall–Kier alpha value is -2.64. The van der Waals surface area contributed by atoms with E-state index >= 15 is 0 Å². The Bertz CT molecular complexity index is 812. The molecule has 1 saturated heterocycles. The Kier molecular flexibility index (Phi) is 5.70. The maximum Gasteiger partial charge on any atom is 0.268 e. The van der Waals surface area contributed by atoms with Crippen LogP contribution in [-0.2, 0) is 24.8 Å². The van der Waals surface area contributed by atoms with Gasteiger partial charge in [-0.2, -0.15) is 5.10 Å². The lowest BCUT2D eigenvalue weighted by atomic mass is 10.1. The van der Waals surface area contributed by atoms with Gasteiger partial charge >= 0.3 is 0 Å². The van der Waals surface area contributed by atoms with E-state index in [0.717, 1.165) is 37.4 Å². The molecule has 140 valence electrons. The molecule has 1 amide bonds. The van der Waals surface area contributed by atoms with Gasteiger partial charge in [-0.05, 0) is 12.3 Å². The molecule has 1 aliphatic heterocycles. The molecule has 0 spiro atoms. The van der Waals surface area contributed by atoms with Crippen molar-refractivity contribution in [1.29, 1.82) is 0 Å². The number of nitrogens with zero attached hydrogens (tertiary/aromatic N) is 5. The molecule has 1 aliphatic rings. The first-order valence-electron chi connectivity index (χ1n) is 9.12. The third kappa shape index (κ3) is 4.30. The van der Waals surface area contributed by atoms with Crippen LogP contribution >= 0.6 is 0 Å². The van der Waals surface area contributed by atoms with Crippen LogP contribution < -0.4 is 15.8 Å². The molecule has 2 aromatic heterocycles. The van der Waals surface area contributed by atoms with Gasteiger partial charge in [0.15, 0.2) is 0 Å². The highest BCUT2D eigenvalue weighted by Gasteiger charge is 2.23. The van der Waals surface area contributed by atoms with E-state index in [1.165, 1.54) is 4.68 Å². The van der Waals surface area contributed by atoms with Gasteiger partial charge in [-0.3, -0.25) is 9.59 Å². The molecule has 3 rings (SSSR count). The quantitative estimate of drug-likeness (QED) is 0.782. The monoisotopic (exact) mass is 358 g/mol. The zero-order valence-electron chi connectivity index (χ0n) is 15.4. The van der Waals surface area contributed by atoms with Crippen LogP contribution in [0.25, 0.3) is 0 Å². The molecular formula is C18H26N6O2. The Morgan fingerprint density at radius 1 is 1.42 bits per heavy atom. The first-order valence-corrected chi connectivity index (χ1v) is 9.12. The van der Waals surface area contributed by atoms with Gasteiger partial charge in [0, 0.05) is 64.5 Å². The highest BCUT2D eigenvalue weighted by molar-refractivity contribution is 5.75. The van der Waals surface area contributed by atoms with Crippen LogP contribution in [0, 0.1) is 5.92 Å². The Morgan fingerprint density at radius 3 is 3.04 bits per heavy atom. The van der Waals surface area contributed by atoms with Crippen LogP contribution in [0.1, 0.15) is 25.6 Å². The van der Waals surface area contributed by atoms with Crippen molar-refractivity contribution < 1.29 is 4.79 Å². The Morgan fingerprint density at radius 2 is 2.27 bits per heavy atom. The smallest absolute Gasteiger partial charge is 0.268 e. The van der Waals surface area contributed by atoms with Crippen molar-refractivity contribution in [2.45, 2.75) is 32.7 Å². The number of aryl methyl sites for hydroxylation is 3. The van der Waals surface area contributed by atoms with Crippen molar-refractivity contribution in [2.75, 3.05) is 24.5 Å². The van der Waals surface area contributed by atoms with Gasteiger partial charge < -0.3 is 14.8 Å². The summed E-state index contributed by atoms with van der Waals surface area (Å²) in [6.45, 7) is 5.09. The highest BCUT2D eigenvalue weighted by Crippen LogP contribution is 2.21. The molecule has 1 N–H and O–H groups in total. The van der Waals surface area contributed by atoms with Crippen molar-refractivity contribution in [3.05, 3.63) is 40.8 Å². The summed E-state index contributed by atoms with van der Waals surface area (Å²) in [6.07, 6.45) is 7.73. The molecule has 0 aromatic carbocycles. The topological polar surface area (TPSA) is 85.1 Å². The van der Waals surface area contributed by atoms with Gasteiger partial charge in [-0.1, -0.05) is 6.92 Å². The second-order valence-electron chi connectivity index (χ2n) is 6.72. The van der Waals surface area contributed by atoms with E-state index in [4.69, 9.17) is 0 Å². The van der Waals surface area contributed by atoms with Crippen LogP contribution in [0.2, 0.25) is 0 Å². The molecule has 1 atom stereocenters.